The smallest absolute Gasteiger partial charge is 0.0979 e. The molecule has 0 amide bonds. The van der Waals surface area contributed by atoms with Crippen LogP contribution in [0.4, 0.5) is 0 Å². The molecule has 0 heterocycles. The monoisotopic (exact) mass is 413 g/mol. The Balaban J connectivity index is 2.09. The van der Waals surface area contributed by atoms with Crippen molar-refractivity contribution in [1.82, 2.24) is 4.72 Å². The third kappa shape index (κ3) is 6.29. The predicted molar refractivity (Wildman–Crippen MR) is 128 cm³/mol. The third-order valence-electron chi connectivity index (χ3n) is 4.47. The molecule has 0 radical (unpaired) electrons. The lowest BCUT2D eigenvalue weighted by molar-refractivity contribution is 0.624. The van der Waals surface area contributed by atoms with Crippen LogP contribution in [0.15, 0.2) is 96.6 Å². The van der Waals surface area contributed by atoms with E-state index < -0.39 is 15.7 Å². The van der Waals surface area contributed by atoms with Gasteiger partial charge in [-0.15, -0.1) is 0 Å². The number of rotatable bonds is 5. The van der Waals surface area contributed by atoms with E-state index in [0.29, 0.717) is 0 Å². The highest BCUT2D eigenvalue weighted by atomic mass is 32.2. The lowest BCUT2D eigenvalue weighted by atomic mass is 9.97. The minimum atomic E-state index is -1.25. The summed E-state index contributed by atoms with van der Waals surface area (Å²) in [5.74, 6) is 6.62. The molecule has 0 bridgehead atoms. The van der Waals surface area contributed by atoms with Gasteiger partial charge in [0.05, 0.1) is 21.8 Å². The van der Waals surface area contributed by atoms with E-state index in [1.54, 1.807) is 0 Å². The first-order valence-electron chi connectivity index (χ1n) is 10.0. The van der Waals surface area contributed by atoms with E-state index in [-0.39, 0.29) is 6.04 Å². The molecule has 0 saturated heterocycles. The second-order valence-corrected chi connectivity index (χ2v) is 9.97. The second-order valence-electron chi connectivity index (χ2n) is 7.97. The lowest BCUT2D eigenvalue weighted by Crippen LogP contribution is -2.36. The average molecular weight is 414 g/mol. The zero-order valence-corrected chi connectivity index (χ0v) is 18.4. The van der Waals surface area contributed by atoms with E-state index in [1.807, 2.05) is 112 Å². The predicted octanol–water partition coefficient (Wildman–Crippen LogP) is 5.91. The Bertz CT molecular complexity index is 1060. The molecule has 0 saturated carbocycles. The quantitative estimate of drug-likeness (QED) is 0.517. The van der Waals surface area contributed by atoms with Crippen LogP contribution in [-0.4, -0.2) is 8.96 Å². The van der Waals surface area contributed by atoms with Gasteiger partial charge >= 0.3 is 0 Å². The number of hydrogen-bond acceptors (Lipinski definition) is 1. The molecule has 0 aromatic heterocycles. The molecule has 3 rings (SSSR count). The molecule has 152 valence electrons. The molecule has 3 heteroatoms. The molecule has 3 aromatic rings. The highest BCUT2D eigenvalue weighted by Crippen LogP contribution is 2.26. The molecule has 2 nitrogen and oxygen atoms in total. The van der Waals surface area contributed by atoms with E-state index in [2.05, 4.69) is 22.6 Å². The fourth-order valence-electron chi connectivity index (χ4n) is 2.83. The first-order valence-corrected chi connectivity index (χ1v) is 11.2. The van der Waals surface area contributed by atoms with Crippen molar-refractivity contribution in [3.63, 3.8) is 0 Å². The fraction of sp³-hybridized carbons (Fsp3) is 0.185. The topological polar surface area (TPSA) is 29.1 Å². The molecule has 2 atom stereocenters. The number of hydrogen-bond donors (Lipinski definition) is 1. The van der Waals surface area contributed by atoms with Gasteiger partial charge in [-0.25, -0.2) is 8.93 Å². The van der Waals surface area contributed by atoms with Crippen LogP contribution >= 0.6 is 0 Å². The van der Waals surface area contributed by atoms with Crippen LogP contribution in [-0.2, 0) is 11.0 Å². The minimum absolute atomic E-state index is 0.289. The van der Waals surface area contributed by atoms with Crippen LogP contribution in [0.1, 0.15) is 43.5 Å². The lowest BCUT2D eigenvalue weighted by Gasteiger charge is -2.25. The van der Waals surface area contributed by atoms with Crippen molar-refractivity contribution in [2.24, 2.45) is 0 Å². The molecule has 0 aliphatic carbocycles. The molecule has 30 heavy (non-hydrogen) atoms. The van der Waals surface area contributed by atoms with E-state index >= 15 is 0 Å². The van der Waals surface area contributed by atoms with Crippen LogP contribution in [0.25, 0.3) is 6.08 Å². The van der Waals surface area contributed by atoms with Gasteiger partial charge in [-0.3, -0.25) is 0 Å². The van der Waals surface area contributed by atoms with Crippen molar-refractivity contribution in [1.29, 1.82) is 0 Å². The van der Waals surface area contributed by atoms with Gasteiger partial charge in [-0.05, 0) is 50.1 Å². The Morgan fingerprint density at radius 2 is 1.40 bits per heavy atom. The van der Waals surface area contributed by atoms with Gasteiger partial charge in [0.15, 0.2) is 0 Å². The van der Waals surface area contributed by atoms with Gasteiger partial charge in [0, 0.05) is 11.1 Å². The van der Waals surface area contributed by atoms with Gasteiger partial charge in [0.2, 0.25) is 0 Å². The molecular weight excluding hydrogens is 386 g/mol. The third-order valence-corrected chi connectivity index (χ3v) is 6.03. The second kappa shape index (κ2) is 10.2. The fourth-order valence-corrected chi connectivity index (χ4v) is 3.66. The summed E-state index contributed by atoms with van der Waals surface area (Å²) in [5.41, 5.74) is 3.90. The molecular formula is C27H27NOS. The minimum Gasteiger partial charge on any atom is -0.242 e. The summed E-state index contributed by atoms with van der Waals surface area (Å²) in [4.78, 5) is 0. The SMILES string of the molecule is CC(C)(C)S(=O)N[C@@H](/C(C#Cc1ccccc1)=C/c1ccccc1)c1ccccc1. The van der Waals surface area contributed by atoms with Crippen molar-refractivity contribution >= 4 is 17.1 Å². The molecule has 0 aliphatic heterocycles. The average Bonchev–Trinajstić information content (AvgIpc) is 2.76. The van der Waals surface area contributed by atoms with Crippen molar-refractivity contribution in [2.75, 3.05) is 0 Å². The molecule has 1 N–H and O–H groups in total. The largest absolute Gasteiger partial charge is 0.242 e. The Hall–Kier alpha value is -2.93. The van der Waals surface area contributed by atoms with Crippen LogP contribution in [0, 0.1) is 11.8 Å². The van der Waals surface area contributed by atoms with Crippen LogP contribution in [0.3, 0.4) is 0 Å². The highest BCUT2D eigenvalue weighted by Gasteiger charge is 2.25. The molecule has 3 aromatic carbocycles. The standard InChI is InChI=1S/C27H27NOS/c1-27(2,3)30(29)28-26(24-17-11-6-12-18-24)25(21-23-15-9-5-10-16-23)20-19-22-13-7-4-8-14-22/h4-18,21,26,28H,1-3H3/b25-21+/t26-,30?/m1/s1. The summed E-state index contributed by atoms with van der Waals surface area (Å²) in [6.45, 7) is 5.90. The summed E-state index contributed by atoms with van der Waals surface area (Å²) in [6, 6.07) is 29.8. The van der Waals surface area contributed by atoms with Gasteiger partial charge in [0.25, 0.3) is 0 Å². The Morgan fingerprint density at radius 3 is 1.97 bits per heavy atom. The van der Waals surface area contributed by atoms with Crippen molar-refractivity contribution < 1.29 is 4.21 Å². The van der Waals surface area contributed by atoms with Crippen molar-refractivity contribution in [3.8, 4) is 11.8 Å². The van der Waals surface area contributed by atoms with Gasteiger partial charge in [-0.1, -0.05) is 90.7 Å². The number of benzene rings is 3. The van der Waals surface area contributed by atoms with Gasteiger partial charge < -0.3 is 0 Å². The Kier molecular flexibility index (Phi) is 7.41. The summed E-state index contributed by atoms with van der Waals surface area (Å²) < 4.78 is 15.9. The normalized spacial score (nSPS) is 13.8. The molecule has 0 aliphatic rings. The highest BCUT2D eigenvalue weighted by molar-refractivity contribution is 7.84. The maximum Gasteiger partial charge on any atom is 0.0979 e. The zero-order chi connectivity index (χ0) is 21.4. The van der Waals surface area contributed by atoms with E-state index in [4.69, 9.17) is 0 Å². The Labute approximate surface area is 182 Å². The van der Waals surface area contributed by atoms with E-state index in [1.165, 1.54) is 0 Å². The summed E-state index contributed by atoms with van der Waals surface area (Å²) in [7, 11) is -1.25. The molecule has 0 spiro atoms. The summed E-state index contributed by atoms with van der Waals surface area (Å²) in [5, 5.41) is 0. The summed E-state index contributed by atoms with van der Waals surface area (Å²) >= 11 is 0. The number of nitrogens with one attached hydrogen (secondary N) is 1. The van der Waals surface area contributed by atoms with Crippen LogP contribution < -0.4 is 4.72 Å². The van der Waals surface area contributed by atoms with Crippen molar-refractivity contribution in [2.45, 2.75) is 31.6 Å². The Morgan fingerprint density at radius 1 is 0.867 bits per heavy atom. The van der Waals surface area contributed by atoms with E-state index in [9.17, 15) is 4.21 Å². The van der Waals surface area contributed by atoms with Gasteiger partial charge in [-0.2, -0.15) is 0 Å². The summed E-state index contributed by atoms with van der Waals surface area (Å²) in [6.07, 6.45) is 2.07. The first kappa shape index (κ1) is 21.8. The van der Waals surface area contributed by atoms with Crippen LogP contribution in [0.5, 0.6) is 0 Å². The first-order chi connectivity index (χ1) is 14.4. The van der Waals surface area contributed by atoms with Crippen LogP contribution in [0.2, 0.25) is 0 Å². The molecule has 0 fully saturated rings. The van der Waals surface area contributed by atoms with Gasteiger partial charge in [0.1, 0.15) is 0 Å². The molecule has 1 unspecified atom stereocenters. The maximum absolute atomic E-state index is 13.0. The van der Waals surface area contributed by atoms with E-state index in [0.717, 1.165) is 22.3 Å². The van der Waals surface area contributed by atoms with Crippen molar-refractivity contribution in [3.05, 3.63) is 113 Å². The maximum atomic E-state index is 13.0. The zero-order valence-electron chi connectivity index (χ0n) is 17.6.